The molecule has 0 radical (unpaired) electrons. The van der Waals surface area contributed by atoms with Crippen LogP contribution in [0.25, 0.3) is 0 Å². The number of nitrogens with zero attached hydrogens (tertiary/aromatic N) is 1. The quantitative estimate of drug-likeness (QED) is 0.534. The highest BCUT2D eigenvalue weighted by atomic mass is 16.5. The summed E-state index contributed by atoms with van der Waals surface area (Å²) in [5.74, 6) is 0. The lowest BCUT2D eigenvalue weighted by Gasteiger charge is -2.22. The van der Waals surface area contributed by atoms with Crippen molar-refractivity contribution in [2.24, 2.45) is 0 Å². The monoisotopic (exact) mass is 140 g/mol. The molecule has 0 aromatic rings. The smallest absolute Gasteiger partial charge is 0.111 e. The Morgan fingerprint density at radius 1 is 1.30 bits per heavy atom. The van der Waals surface area contributed by atoms with Crippen molar-refractivity contribution in [3.63, 3.8) is 0 Å². The lowest BCUT2D eigenvalue weighted by atomic mass is 10.5. The molecule has 0 aliphatic carbocycles. The van der Waals surface area contributed by atoms with Crippen LogP contribution in [0.5, 0.6) is 0 Å². The molecule has 1 rings (SSSR count). The predicted molar refractivity (Wildman–Crippen MR) is 41.2 cm³/mol. The van der Waals surface area contributed by atoms with Gasteiger partial charge in [-0.1, -0.05) is 0 Å². The molecule has 10 heavy (non-hydrogen) atoms. The minimum Gasteiger partial charge on any atom is -0.379 e. The van der Waals surface area contributed by atoms with E-state index in [1.54, 1.807) is 7.11 Å². The molecule has 1 aliphatic rings. The first-order chi connectivity index (χ1) is 4.77. The van der Waals surface area contributed by atoms with Crippen molar-refractivity contribution in [1.82, 2.24) is 0 Å². The molecule has 0 saturated carbocycles. The average Bonchev–Trinajstić information content (AvgIpc) is 2.33. The topological polar surface area (TPSA) is 9.23 Å². The van der Waals surface area contributed by atoms with Gasteiger partial charge in [0.15, 0.2) is 0 Å². The molecule has 0 saturated heterocycles. The number of quaternary nitrogens is 1. The Morgan fingerprint density at radius 2 is 1.90 bits per heavy atom. The Labute approximate surface area is 62.0 Å². The molecule has 0 amide bonds. The Morgan fingerprint density at radius 3 is 2.40 bits per heavy atom. The third-order valence-electron chi connectivity index (χ3n) is 1.74. The molecule has 0 spiro atoms. The summed E-state index contributed by atoms with van der Waals surface area (Å²) in [5, 5.41) is 0. The first kappa shape index (κ1) is 7.51. The van der Waals surface area contributed by atoms with E-state index in [4.69, 9.17) is 4.74 Å². The lowest BCUT2D eigenvalue weighted by molar-refractivity contribution is -0.804. The van der Waals surface area contributed by atoms with E-state index in [-0.39, 0.29) is 0 Å². The summed E-state index contributed by atoms with van der Waals surface area (Å²) in [4.78, 5) is 0. The normalized spacial score (nSPS) is 20.2. The van der Waals surface area contributed by atoms with E-state index in [2.05, 4.69) is 31.6 Å². The molecule has 0 N–H and O–H groups in total. The Hall–Kier alpha value is -0.600. The van der Waals surface area contributed by atoms with Crippen LogP contribution in [0.15, 0.2) is 24.6 Å². The second-order valence-corrected chi connectivity index (χ2v) is 2.75. The average molecular weight is 140 g/mol. The first-order valence-electron chi connectivity index (χ1n) is 3.48. The second kappa shape index (κ2) is 2.99. The van der Waals surface area contributed by atoms with Crippen LogP contribution in [-0.2, 0) is 4.74 Å². The van der Waals surface area contributed by atoms with Gasteiger partial charge in [0.25, 0.3) is 0 Å². The molecule has 0 bridgehead atoms. The van der Waals surface area contributed by atoms with Gasteiger partial charge in [-0.3, -0.25) is 4.48 Å². The zero-order valence-corrected chi connectivity index (χ0v) is 6.58. The summed E-state index contributed by atoms with van der Waals surface area (Å²) in [7, 11) is 3.88. The van der Waals surface area contributed by atoms with Crippen molar-refractivity contribution in [3.8, 4) is 0 Å². The van der Waals surface area contributed by atoms with Gasteiger partial charge >= 0.3 is 0 Å². The number of likely N-dealkylation sites (N-methyl/N-ethyl adjacent to an activating group) is 1. The Balaban J connectivity index is 2.38. The van der Waals surface area contributed by atoms with Gasteiger partial charge in [-0.25, -0.2) is 0 Å². The van der Waals surface area contributed by atoms with Crippen LogP contribution in [0.4, 0.5) is 0 Å². The summed E-state index contributed by atoms with van der Waals surface area (Å²) in [6.45, 7) is 1.83. The minimum atomic E-state index is 0.811. The van der Waals surface area contributed by atoms with Crippen LogP contribution in [-0.4, -0.2) is 31.8 Å². The second-order valence-electron chi connectivity index (χ2n) is 2.75. The number of methoxy groups -OCH3 is 1. The number of allylic oxidation sites excluding steroid dienone is 2. The predicted octanol–water partition coefficient (Wildman–Crippen LogP) is 1.12. The van der Waals surface area contributed by atoms with Crippen molar-refractivity contribution in [2.75, 3.05) is 27.3 Å². The molecule has 1 heterocycles. The SMILES string of the molecule is COCC[N+]1(C)C=CC=C1. The summed E-state index contributed by atoms with van der Waals surface area (Å²) in [6, 6.07) is 0. The molecule has 56 valence electrons. The van der Waals surface area contributed by atoms with Crippen LogP contribution >= 0.6 is 0 Å². The lowest BCUT2D eigenvalue weighted by Crippen LogP contribution is -2.33. The van der Waals surface area contributed by atoms with E-state index in [0.29, 0.717) is 0 Å². The zero-order valence-electron chi connectivity index (χ0n) is 6.58. The van der Waals surface area contributed by atoms with E-state index >= 15 is 0 Å². The van der Waals surface area contributed by atoms with Crippen molar-refractivity contribution in [2.45, 2.75) is 0 Å². The highest BCUT2D eigenvalue weighted by molar-refractivity contribution is 5.03. The zero-order chi connectivity index (χ0) is 7.45. The van der Waals surface area contributed by atoms with Crippen molar-refractivity contribution in [1.29, 1.82) is 0 Å². The number of hydrogen-bond acceptors (Lipinski definition) is 1. The van der Waals surface area contributed by atoms with Crippen LogP contribution in [0.3, 0.4) is 0 Å². The van der Waals surface area contributed by atoms with Crippen molar-refractivity contribution in [3.05, 3.63) is 24.6 Å². The maximum atomic E-state index is 4.99. The number of ether oxygens (including phenoxy) is 1. The van der Waals surface area contributed by atoms with E-state index in [1.165, 1.54) is 0 Å². The molecule has 0 aromatic heterocycles. The van der Waals surface area contributed by atoms with Crippen molar-refractivity contribution >= 4 is 0 Å². The van der Waals surface area contributed by atoms with Gasteiger partial charge in [-0.05, 0) is 12.2 Å². The molecule has 2 nitrogen and oxygen atoms in total. The van der Waals surface area contributed by atoms with Crippen LogP contribution in [0.2, 0.25) is 0 Å². The molecule has 0 atom stereocenters. The highest BCUT2D eigenvalue weighted by Crippen LogP contribution is 2.10. The fraction of sp³-hybridized carbons (Fsp3) is 0.500. The molecule has 0 aromatic carbocycles. The summed E-state index contributed by atoms with van der Waals surface area (Å²) >= 11 is 0. The van der Waals surface area contributed by atoms with E-state index in [9.17, 15) is 0 Å². The van der Waals surface area contributed by atoms with Gasteiger partial charge in [0, 0.05) is 7.11 Å². The summed E-state index contributed by atoms with van der Waals surface area (Å²) in [5.41, 5.74) is 0. The van der Waals surface area contributed by atoms with Gasteiger partial charge in [-0.15, -0.1) is 0 Å². The van der Waals surface area contributed by atoms with Crippen molar-refractivity contribution < 1.29 is 9.22 Å². The maximum absolute atomic E-state index is 4.99. The molecule has 0 fully saturated rings. The minimum absolute atomic E-state index is 0.811. The third-order valence-corrected chi connectivity index (χ3v) is 1.74. The largest absolute Gasteiger partial charge is 0.379 e. The maximum Gasteiger partial charge on any atom is 0.111 e. The fourth-order valence-corrected chi connectivity index (χ4v) is 0.979. The van der Waals surface area contributed by atoms with E-state index in [1.807, 2.05) is 0 Å². The Bertz CT molecular complexity index is 149. The third kappa shape index (κ3) is 1.69. The van der Waals surface area contributed by atoms with E-state index in [0.717, 1.165) is 17.6 Å². The first-order valence-corrected chi connectivity index (χ1v) is 3.48. The van der Waals surface area contributed by atoms with Gasteiger partial charge in [0.05, 0.1) is 13.7 Å². The summed E-state index contributed by atoms with van der Waals surface area (Å²) in [6.07, 6.45) is 8.43. The van der Waals surface area contributed by atoms with Gasteiger partial charge in [-0.2, -0.15) is 0 Å². The highest BCUT2D eigenvalue weighted by Gasteiger charge is 2.16. The summed E-state index contributed by atoms with van der Waals surface area (Å²) < 4.78 is 5.85. The van der Waals surface area contributed by atoms with Gasteiger partial charge in [0.2, 0.25) is 0 Å². The van der Waals surface area contributed by atoms with Crippen LogP contribution < -0.4 is 0 Å². The van der Waals surface area contributed by atoms with Gasteiger partial charge in [0.1, 0.15) is 18.9 Å². The molecule has 1 aliphatic heterocycles. The van der Waals surface area contributed by atoms with E-state index < -0.39 is 0 Å². The number of hydrogen-bond donors (Lipinski definition) is 0. The van der Waals surface area contributed by atoms with Crippen LogP contribution in [0, 0.1) is 0 Å². The number of rotatable bonds is 3. The van der Waals surface area contributed by atoms with Crippen LogP contribution in [0.1, 0.15) is 0 Å². The molecular weight excluding hydrogens is 126 g/mol. The fourth-order valence-electron chi connectivity index (χ4n) is 0.979. The standard InChI is InChI=1S/C8H14NO/c1-9(7-8-10-2)5-3-4-6-9/h3-6H,7-8H2,1-2H3/q+1. The molecule has 2 heteroatoms. The molecule has 0 unspecified atom stereocenters. The Kier molecular flexibility index (Phi) is 2.25. The van der Waals surface area contributed by atoms with Gasteiger partial charge < -0.3 is 4.74 Å². The molecular formula is C8H14NO+.